The number of aromatic nitrogens is 1. The van der Waals surface area contributed by atoms with Crippen LogP contribution in [-0.4, -0.2) is 10.8 Å². The minimum Gasteiger partial charge on any atom is -0.294 e. The van der Waals surface area contributed by atoms with E-state index in [0.717, 1.165) is 42.1 Å². The van der Waals surface area contributed by atoms with E-state index in [0.29, 0.717) is 0 Å². The molecule has 2 heteroatoms. The minimum atomic E-state index is 0.144. The lowest BCUT2D eigenvalue weighted by Gasteiger charge is -2.14. The van der Waals surface area contributed by atoms with Gasteiger partial charge in [-0.25, -0.2) is 0 Å². The normalized spacial score (nSPS) is 12.5. The summed E-state index contributed by atoms with van der Waals surface area (Å²) in [6.07, 6.45) is 5.93. The first-order valence-corrected chi connectivity index (χ1v) is 7.15. The van der Waals surface area contributed by atoms with Gasteiger partial charge in [0.25, 0.3) is 0 Å². The van der Waals surface area contributed by atoms with E-state index in [1.807, 2.05) is 30.3 Å². The summed E-state index contributed by atoms with van der Waals surface area (Å²) < 4.78 is 0. The van der Waals surface area contributed by atoms with E-state index in [1.165, 1.54) is 0 Å². The number of benzene rings is 1. The Morgan fingerprint density at radius 2 is 2.05 bits per heavy atom. The number of pyridine rings is 1. The van der Waals surface area contributed by atoms with Crippen LogP contribution in [0, 0.1) is 5.92 Å². The summed E-state index contributed by atoms with van der Waals surface area (Å²) in [4.78, 5) is 17.0. The number of hydrogen-bond acceptors (Lipinski definition) is 2. The van der Waals surface area contributed by atoms with Crippen LogP contribution in [0.2, 0.25) is 0 Å². The number of carbonyl (C=O) groups is 1. The van der Waals surface area contributed by atoms with Gasteiger partial charge in [0.1, 0.15) is 0 Å². The van der Waals surface area contributed by atoms with Crippen LogP contribution < -0.4 is 0 Å². The summed E-state index contributed by atoms with van der Waals surface area (Å²) in [5.74, 6) is 0.417. The van der Waals surface area contributed by atoms with Gasteiger partial charge in [0.2, 0.25) is 0 Å². The molecular formula is C17H21NO. The van der Waals surface area contributed by atoms with Crippen molar-refractivity contribution in [3.8, 4) is 0 Å². The fraction of sp³-hybridized carbons (Fsp3) is 0.412. The maximum absolute atomic E-state index is 12.7. The molecule has 0 aliphatic heterocycles. The fourth-order valence-corrected chi connectivity index (χ4v) is 2.51. The third-order valence-corrected chi connectivity index (χ3v) is 3.68. The second kappa shape index (κ2) is 6.46. The molecule has 2 rings (SSSR count). The molecule has 0 amide bonds. The Labute approximate surface area is 114 Å². The van der Waals surface area contributed by atoms with Crippen molar-refractivity contribution in [1.29, 1.82) is 0 Å². The number of fused-ring (bicyclic) bond motifs is 1. The van der Waals surface area contributed by atoms with Gasteiger partial charge in [-0.05, 0) is 25.0 Å². The zero-order chi connectivity index (χ0) is 13.7. The van der Waals surface area contributed by atoms with Crippen molar-refractivity contribution < 1.29 is 4.79 Å². The predicted molar refractivity (Wildman–Crippen MR) is 79.4 cm³/mol. The van der Waals surface area contributed by atoms with E-state index in [1.54, 1.807) is 6.20 Å². The van der Waals surface area contributed by atoms with Gasteiger partial charge in [-0.3, -0.25) is 9.78 Å². The number of Topliss-reactive ketones (excluding diaryl/α,β-unsaturated/α-hetero) is 1. The molecule has 1 atom stereocenters. The highest BCUT2D eigenvalue weighted by molar-refractivity contribution is 6.08. The molecule has 19 heavy (non-hydrogen) atoms. The van der Waals surface area contributed by atoms with Gasteiger partial charge in [0.15, 0.2) is 5.78 Å². The molecule has 0 aliphatic rings. The van der Waals surface area contributed by atoms with E-state index in [4.69, 9.17) is 0 Å². The molecule has 1 aromatic heterocycles. The number of carbonyl (C=O) groups excluding carboxylic acids is 1. The van der Waals surface area contributed by atoms with Gasteiger partial charge in [-0.2, -0.15) is 0 Å². The Kier molecular flexibility index (Phi) is 4.67. The smallest absolute Gasteiger partial charge is 0.166 e. The zero-order valence-electron chi connectivity index (χ0n) is 11.7. The summed E-state index contributed by atoms with van der Waals surface area (Å²) in [5.41, 5.74) is 1.73. The molecule has 1 aromatic carbocycles. The van der Waals surface area contributed by atoms with E-state index in [9.17, 15) is 4.79 Å². The predicted octanol–water partition coefficient (Wildman–Crippen LogP) is 4.63. The summed E-state index contributed by atoms with van der Waals surface area (Å²) in [7, 11) is 0. The lowest BCUT2D eigenvalue weighted by molar-refractivity contribution is 0.0910. The number of hydrogen-bond donors (Lipinski definition) is 0. The van der Waals surface area contributed by atoms with Crippen molar-refractivity contribution in [2.75, 3.05) is 0 Å². The Morgan fingerprint density at radius 1 is 1.21 bits per heavy atom. The molecule has 1 heterocycles. The number of rotatable bonds is 6. The van der Waals surface area contributed by atoms with Crippen LogP contribution in [0.4, 0.5) is 0 Å². The molecule has 1 unspecified atom stereocenters. The van der Waals surface area contributed by atoms with Crippen LogP contribution >= 0.6 is 0 Å². The Balaban J connectivity index is 2.35. The highest BCUT2D eigenvalue weighted by Crippen LogP contribution is 2.23. The minimum absolute atomic E-state index is 0.144. The molecule has 0 radical (unpaired) electrons. The van der Waals surface area contributed by atoms with Crippen LogP contribution in [0.25, 0.3) is 10.9 Å². The average molecular weight is 255 g/mol. The number of nitrogens with zero attached hydrogens (tertiary/aromatic N) is 1. The summed E-state index contributed by atoms with van der Waals surface area (Å²) in [5, 5.41) is 0.977. The van der Waals surface area contributed by atoms with Crippen LogP contribution in [0.15, 0.2) is 36.5 Å². The quantitative estimate of drug-likeness (QED) is 0.704. The number of ketones is 1. The Bertz CT molecular complexity index is 557. The maximum atomic E-state index is 12.7. The van der Waals surface area contributed by atoms with E-state index in [-0.39, 0.29) is 11.7 Å². The first-order valence-electron chi connectivity index (χ1n) is 7.15. The molecule has 0 N–H and O–H groups in total. The Hall–Kier alpha value is -1.70. The van der Waals surface area contributed by atoms with Crippen molar-refractivity contribution in [3.05, 3.63) is 42.1 Å². The van der Waals surface area contributed by atoms with Crippen LogP contribution in [0.3, 0.4) is 0 Å². The SMILES string of the molecule is CCCCC(CC)C(=O)c1cccc2ncccc12. The molecule has 100 valence electrons. The monoisotopic (exact) mass is 255 g/mol. The summed E-state index contributed by atoms with van der Waals surface area (Å²) in [6.45, 7) is 4.26. The van der Waals surface area contributed by atoms with E-state index >= 15 is 0 Å². The lowest BCUT2D eigenvalue weighted by Crippen LogP contribution is -2.14. The van der Waals surface area contributed by atoms with Gasteiger partial charge >= 0.3 is 0 Å². The first-order chi connectivity index (χ1) is 9.27. The topological polar surface area (TPSA) is 30.0 Å². The fourth-order valence-electron chi connectivity index (χ4n) is 2.51. The van der Waals surface area contributed by atoms with Crippen molar-refractivity contribution in [2.24, 2.45) is 5.92 Å². The van der Waals surface area contributed by atoms with Gasteiger partial charge in [-0.15, -0.1) is 0 Å². The molecule has 0 fully saturated rings. The second-order valence-electron chi connectivity index (χ2n) is 4.99. The van der Waals surface area contributed by atoms with E-state index < -0.39 is 0 Å². The van der Waals surface area contributed by atoms with Gasteiger partial charge in [0, 0.05) is 23.1 Å². The second-order valence-corrected chi connectivity index (χ2v) is 4.99. The molecule has 0 bridgehead atoms. The van der Waals surface area contributed by atoms with Crippen LogP contribution in [0.5, 0.6) is 0 Å². The van der Waals surface area contributed by atoms with Crippen molar-refractivity contribution >= 4 is 16.7 Å². The van der Waals surface area contributed by atoms with Crippen molar-refractivity contribution in [3.63, 3.8) is 0 Å². The number of unbranched alkanes of at least 4 members (excludes halogenated alkanes) is 1. The molecule has 0 spiro atoms. The molecule has 2 nitrogen and oxygen atoms in total. The van der Waals surface area contributed by atoms with Crippen molar-refractivity contribution in [1.82, 2.24) is 4.98 Å². The van der Waals surface area contributed by atoms with Crippen molar-refractivity contribution in [2.45, 2.75) is 39.5 Å². The zero-order valence-corrected chi connectivity index (χ0v) is 11.7. The first kappa shape index (κ1) is 13.7. The van der Waals surface area contributed by atoms with Gasteiger partial charge in [0.05, 0.1) is 5.52 Å². The standard InChI is InChI=1S/C17H21NO/c1-3-5-8-13(4-2)17(19)15-9-6-11-16-14(15)10-7-12-18-16/h6-7,9-13H,3-5,8H2,1-2H3. The molecule has 2 aromatic rings. The largest absolute Gasteiger partial charge is 0.294 e. The Morgan fingerprint density at radius 3 is 2.79 bits per heavy atom. The van der Waals surface area contributed by atoms with Gasteiger partial charge < -0.3 is 0 Å². The third-order valence-electron chi connectivity index (χ3n) is 3.68. The summed E-state index contributed by atoms with van der Waals surface area (Å²) >= 11 is 0. The molecule has 0 aliphatic carbocycles. The molecule has 0 saturated heterocycles. The highest BCUT2D eigenvalue weighted by Gasteiger charge is 2.19. The third kappa shape index (κ3) is 3.01. The summed E-state index contributed by atoms with van der Waals surface area (Å²) in [6, 6.07) is 9.70. The van der Waals surface area contributed by atoms with Gasteiger partial charge in [-0.1, -0.05) is 44.9 Å². The highest BCUT2D eigenvalue weighted by atomic mass is 16.1. The maximum Gasteiger partial charge on any atom is 0.166 e. The lowest BCUT2D eigenvalue weighted by atomic mass is 9.89. The van der Waals surface area contributed by atoms with Crippen LogP contribution in [0.1, 0.15) is 49.9 Å². The van der Waals surface area contributed by atoms with E-state index in [2.05, 4.69) is 18.8 Å². The average Bonchev–Trinajstić information content (AvgIpc) is 2.47. The molecular weight excluding hydrogens is 234 g/mol. The van der Waals surface area contributed by atoms with Crippen LogP contribution in [-0.2, 0) is 0 Å². The molecule has 0 saturated carbocycles.